The summed E-state index contributed by atoms with van der Waals surface area (Å²) in [6.45, 7) is 5.50. The molecule has 0 atom stereocenters. The zero-order valence-corrected chi connectivity index (χ0v) is 17.3. The molecule has 1 heterocycles. The van der Waals surface area contributed by atoms with Crippen LogP contribution in [0.15, 0.2) is 29.3 Å². The van der Waals surface area contributed by atoms with E-state index in [-0.39, 0.29) is 5.82 Å². The Balaban J connectivity index is 1.63. The van der Waals surface area contributed by atoms with Crippen LogP contribution in [0.3, 0.4) is 0 Å². The monoisotopic (exact) mass is 377 g/mol. The average molecular weight is 378 g/mol. The van der Waals surface area contributed by atoms with Crippen molar-refractivity contribution < 1.29 is 4.39 Å². The molecule has 0 aliphatic carbocycles. The van der Waals surface area contributed by atoms with Gasteiger partial charge in [0, 0.05) is 39.8 Å². The summed E-state index contributed by atoms with van der Waals surface area (Å²) in [5.41, 5.74) is 0.703. The lowest BCUT2D eigenvalue weighted by Gasteiger charge is -2.37. The number of hydrogen-bond donors (Lipinski definition) is 1. The van der Waals surface area contributed by atoms with Gasteiger partial charge in [-0.3, -0.25) is 4.99 Å². The second-order valence-corrected chi connectivity index (χ2v) is 7.47. The lowest BCUT2D eigenvalue weighted by Crippen LogP contribution is -2.52. The normalized spacial score (nSPS) is 15.5. The van der Waals surface area contributed by atoms with Gasteiger partial charge in [0.05, 0.1) is 5.69 Å². The van der Waals surface area contributed by atoms with E-state index in [1.165, 1.54) is 44.7 Å². The molecule has 1 fully saturated rings. The number of unbranched alkanes of at least 4 members (excludes halogenated alkanes) is 4. The second-order valence-electron chi connectivity index (χ2n) is 7.47. The van der Waals surface area contributed by atoms with Crippen LogP contribution in [0.2, 0.25) is 0 Å². The largest absolute Gasteiger partial charge is 0.366 e. The lowest BCUT2D eigenvalue weighted by molar-refractivity contribution is 0.370. The van der Waals surface area contributed by atoms with Gasteiger partial charge in [0.2, 0.25) is 0 Å². The first-order valence-corrected chi connectivity index (χ1v) is 10.2. The molecule has 152 valence electrons. The van der Waals surface area contributed by atoms with E-state index >= 15 is 0 Å². The third-order valence-electron chi connectivity index (χ3n) is 5.05. The Morgan fingerprint density at radius 3 is 2.37 bits per heavy atom. The minimum absolute atomic E-state index is 0.140. The Morgan fingerprint density at radius 2 is 1.70 bits per heavy atom. The number of piperazine rings is 1. The van der Waals surface area contributed by atoms with Gasteiger partial charge in [-0.15, -0.1) is 0 Å². The van der Waals surface area contributed by atoms with E-state index < -0.39 is 0 Å². The Hall–Kier alpha value is -1.82. The summed E-state index contributed by atoms with van der Waals surface area (Å²) in [5, 5.41) is 3.49. The molecule has 27 heavy (non-hydrogen) atoms. The summed E-state index contributed by atoms with van der Waals surface area (Å²) in [6.07, 6.45) is 6.34. The van der Waals surface area contributed by atoms with Gasteiger partial charge in [0.15, 0.2) is 5.96 Å². The summed E-state index contributed by atoms with van der Waals surface area (Å²) < 4.78 is 14.0. The van der Waals surface area contributed by atoms with Crippen molar-refractivity contribution in [1.29, 1.82) is 0 Å². The van der Waals surface area contributed by atoms with Crippen molar-refractivity contribution in [2.24, 2.45) is 4.99 Å². The fourth-order valence-electron chi connectivity index (χ4n) is 3.48. The molecule has 0 bridgehead atoms. The van der Waals surface area contributed by atoms with Crippen molar-refractivity contribution in [3.8, 4) is 0 Å². The van der Waals surface area contributed by atoms with Crippen molar-refractivity contribution in [3.05, 3.63) is 30.1 Å². The Bertz CT molecular complexity index is 567. The first-order valence-electron chi connectivity index (χ1n) is 10.2. The highest BCUT2D eigenvalue weighted by molar-refractivity contribution is 5.80. The number of aliphatic imine (C=N–C) groups is 1. The summed E-state index contributed by atoms with van der Waals surface area (Å²) >= 11 is 0. The summed E-state index contributed by atoms with van der Waals surface area (Å²) in [6, 6.07) is 7.02. The van der Waals surface area contributed by atoms with E-state index in [0.29, 0.717) is 5.69 Å². The molecule has 0 radical (unpaired) electrons. The quantitative estimate of drug-likeness (QED) is 0.407. The number of anilines is 1. The predicted octanol–water partition coefficient (Wildman–Crippen LogP) is 3.04. The summed E-state index contributed by atoms with van der Waals surface area (Å²) in [4.78, 5) is 11.1. The lowest BCUT2D eigenvalue weighted by atomic mass is 10.1. The highest BCUT2D eigenvalue weighted by atomic mass is 19.1. The smallest absolute Gasteiger partial charge is 0.193 e. The van der Waals surface area contributed by atoms with Crippen LogP contribution >= 0.6 is 0 Å². The Labute approximate surface area is 164 Å². The maximum Gasteiger partial charge on any atom is 0.193 e. The third kappa shape index (κ3) is 7.37. The number of rotatable bonds is 9. The van der Waals surface area contributed by atoms with E-state index in [1.54, 1.807) is 6.07 Å². The molecule has 1 saturated heterocycles. The molecule has 1 aromatic rings. The van der Waals surface area contributed by atoms with Gasteiger partial charge in [-0.2, -0.15) is 0 Å². The first-order chi connectivity index (χ1) is 13.1. The SMILES string of the molecule is CN=C(NCCCCCCCN(C)C)N1CCN(c2ccccc2F)CC1. The van der Waals surface area contributed by atoms with Gasteiger partial charge < -0.3 is 20.0 Å². The van der Waals surface area contributed by atoms with Gasteiger partial charge in [0.1, 0.15) is 5.82 Å². The molecule has 1 aromatic carbocycles. The summed E-state index contributed by atoms with van der Waals surface area (Å²) in [7, 11) is 6.10. The molecular formula is C21H36FN5. The Morgan fingerprint density at radius 1 is 1.04 bits per heavy atom. The molecule has 1 N–H and O–H groups in total. The maximum atomic E-state index is 14.0. The van der Waals surface area contributed by atoms with Gasteiger partial charge in [0.25, 0.3) is 0 Å². The molecule has 0 aromatic heterocycles. The Kier molecular flexibility index (Phi) is 9.39. The number of halogens is 1. The number of guanidine groups is 1. The van der Waals surface area contributed by atoms with Crippen LogP contribution in [0.1, 0.15) is 32.1 Å². The van der Waals surface area contributed by atoms with Crippen LogP contribution in [-0.4, -0.2) is 76.2 Å². The van der Waals surface area contributed by atoms with Crippen LogP contribution in [-0.2, 0) is 0 Å². The van der Waals surface area contributed by atoms with Crippen LogP contribution < -0.4 is 10.2 Å². The van der Waals surface area contributed by atoms with Crippen molar-refractivity contribution >= 4 is 11.6 Å². The fourth-order valence-corrected chi connectivity index (χ4v) is 3.48. The second kappa shape index (κ2) is 11.8. The van der Waals surface area contributed by atoms with Crippen molar-refractivity contribution in [3.63, 3.8) is 0 Å². The van der Waals surface area contributed by atoms with E-state index in [1.807, 2.05) is 19.2 Å². The number of benzene rings is 1. The summed E-state index contributed by atoms with van der Waals surface area (Å²) in [5.74, 6) is 0.829. The highest BCUT2D eigenvalue weighted by Gasteiger charge is 2.21. The van der Waals surface area contributed by atoms with Crippen molar-refractivity contribution in [2.45, 2.75) is 32.1 Å². The molecule has 2 rings (SSSR count). The molecule has 0 spiro atoms. The van der Waals surface area contributed by atoms with E-state index in [4.69, 9.17) is 0 Å². The molecule has 6 heteroatoms. The van der Waals surface area contributed by atoms with Crippen molar-refractivity contribution in [2.75, 3.05) is 65.3 Å². The van der Waals surface area contributed by atoms with E-state index in [2.05, 4.69) is 39.1 Å². The van der Waals surface area contributed by atoms with Gasteiger partial charge in [-0.05, 0) is 45.6 Å². The molecule has 0 amide bonds. The standard InChI is InChI=1S/C21H36FN5/c1-23-21(24-13-9-5-4-6-10-14-25(2)3)27-17-15-26(16-18-27)20-12-8-7-11-19(20)22/h7-8,11-12H,4-6,9-10,13-18H2,1-3H3,(H,23,24). The minimum atomic E-state index is -0.140. The number of hydrogen-bond acceptors (Lipinski definition) is 3. The van der Waals surface area contributed by atoms with Gasteiger partial charge in [-0.1, -0.05) is 31.4 Å². The number of nitrogens with zero attached hydrogens (tertiary/aromatic N) is 4. The zero-order valence-electron chi connectivity index (χ0n) is 17.3. The maximum absolute atomic E-state index is 14.0. The minimum Gasteiger partial charge on any atom is -0.366 e. The number of nitrogens with one attached hydrogen (secondary N) is 1. The van der Waals surface area contributed by atoms with E-state index in [9.17, 15) is 4.39 Å². The molecule has 0 saturated carbocycles. The molecule has 1 aliphatic rings. The van der Waals surface area contributed by atoms with Crippen LogP contribution in [0.25, 0.3) is 0 Å². The van der Waals surface area contributed by atoms with Crippen LogP contribution in [0, 0.1) is 5.82 Å². The van der Waals surface area contributed by atoms with Gasteiger partial charge >= 0.3 is 0 Å². The molecule has 5 nitrogen and oxygen atoms in total. The molecular weight excluding hydrogens is 341 g/mol. The molecule has 1 aliphatic heterocycles. The average Bonchev–Trinajstić information content (AvgIpc) is 2.67. The zero-order chi connectivity index (χ0) is 19.5. The van der Waals surface area contributed by atoms with Crippen LogP contribution in [0.4, 0.5) is 10.1 Å². The fraction of sp³-hybridized carbons (Fsp3) is 0.667. The highest BCUT2D eigenvalue weighted by Crippen LogP contribution is 2.20. The molecule has 0 unspecified atom stereocenters. The van der Waals surface area contributed by atoms with Gasteiger partial charge in [-0.25, -0.2) is 4.39 Å². The first kappa shape index (κ1) is 21.5. The van der Waals surface area contributed by atoms with Crippen molar-refractivity contribution in [1.82, 2.24) is 15.1 Å². The number of para-hydroxylation sites is 1. The predicted molar refractivity (Wildman–Crippen MR) is 113 cm³/mol. The van der Waals surface area contributed by atoms with E-state index in [0.717, 1.165) is 38.7 Å². The topological polar surface area (TPSA) is 34.1 Å². The van der Waals surface area contributed by atoms with Crippen LogP contribution in [0.5, 0.6) is 0 Å². The third-order valence-corrected chi connectivity index (χ3v) is 5.05.